The smallest absolute Gasteiger partial charge is 0.410 e. The Morgan fingerprint density at radius 2 is 1.88 bits per heavy atom. The Morgan fingerprint density at radius 1 is 1.06 bits per heavy atom. The van der Waals surface area contributed by atoms with Crippen molar-refractivity contribution in [3.8, 4) is 5.75 Å². The maximum Gasteiger partial charge on any atom is 0.410 e. The molecule has 13 heteroatoms. The zero-order chi connectivity index (χ0) is 36.3. The summed E-state index contributed by atoms with van der Waals surface area (Å²) in [5.41, 5.74) is 1.35. The summed E-state index contributed by atoms with van der Waals surface area (Å²) in [6.45, 7) is 6.11. The Bertz CT molecular complexity index is 1730. The van der Waals surface area contributed by atoms with Gasteiger partial charge in [-0.2, -0.15) is 0 Å². The molecule has 0 radical (unpaired) electrons. The van der Waals surface area contributed by atoms with E-state index in [0.717, 1.165) is 62.6 Å². The SMILES string of the molecule is CN(C)C[C@H]1CCCN1C(=O)O[C@H]1/C=C/COC(C)(C)C(=O)NS(=O)(=O)c2ccc3c(c2)N(CCCCc2cc(Cl)ccc2CO3)C[C@@H]2CC[C@H]21. The largest absolute Gasteiger partial charge is 0.487 e. The molecule has 1 N–H and O–H groups in total. The van der Waals surface area contributed by atoms with E-state index in [-0.39, 0.29) is 35.5 Å². The van der Waals surface area contributed by atoms with Crippen molar-refractivity contribution >= 4 is 39.3 Å². The van der Waals surface area contributed by atoms with Crippen molar-refractivity contribution < 1.29 is 32.2 Å². The van der Waals surface area contributed by atoms with E-state index in [1.54, 1.807) is 18.2 Å². The lowest BCUT2D eigenvalue weighted by molar-refractivity contribution is -0.139. The lowest BCUT2D eigenvalue weighted by Crippen LogP contribution is -2.48. The fourth-order valence-electron chi connectivity index (χ4n) is 7.58. The van der Waals surface area contributed by atoms with Gasteiger partial charge in [0.2, 0.25) is 0 Å². The molecule has 4 aliphatic rings. The van der Waals surface area contributed by atoms with Gasteiger partial charge in [-0.05, 0) is 126 Å². The van der Waals surface area contributed by atoms with Crippen LogP contribution in [0.25, 0.3) is 0 Å². The standard InChI is InChI=1S/C38H51ClN4O7S/c1-38(2)36(44)40-51(46,47)31-15-17-35-33(22-31)42(18-6-5-9-26-21-29(39)14-12-28(26)25-48-35)23-27-13-16-32(27)34(11-8-20-49-38)50-37(45)43-19-7-10-30(43)24-41(3)4/h8,11-12,14-15,17,21-22,27,30,32,34H,5-7,9-10,13,16,18-20,23-25H2,1-4H3,(H,40,44)/b11-8+/t27-,30+,32+,34-/m0/s1. The van der Waals surface area contributed by atoms with Gasteiger partial charge < -0.3 is 28.9 Å². The van der Waals surface area contributed by atoms with Crippen LogP contribution in [-0.4, -0.2) is 94.8 Å². The molecule has 6 rings (SSSR count). The number of rotatable bonds is 3. The van der Waals surface area contributed by atoms with Crippen molar-refractivity contribution in [1.29, 1.82) is 0 Å². The number of fused-ring (bicyclic) bond motifs is 3. The topological polar surface area (TPSA) is 118 Å². The van der Waals surface area contributed by atoms with Crippen LogP contribution in [0.15, 0.2) is 53.4 Å². The third-order valence-corrected chi connectivity index (χ3v) is 12.2. The van der Waals surface area contributed by atoms with Crippen LogP contribution in [0.1, 0.15) is 63.5 Å². The monoisotopic (exact) mass is 742 g/mol. The molecule has 2 aromatic rings. The van der Waals surface area contributed by atoms with Gasteiger partial charge in [0.1, 0.15) is 24.1 Å². The van der Waals surface area contributed by atoms with Crippen LogP contribution in [0, 0.1) is 11.8 Å². The number of likely N-dealkylation sites (tertiary alicyclic amines) is 1. The number of hydrogen-bond acceptors (Lipinski definition) is 9. The molecule has 0 unspecified atom stereocenters. The number of nitrogens with zero attached hydrogens (tertiary/aromatic N) is 3. The second-order valence-electron chi connectivity index (χ2n) is 15.0. The first-order valence-corrected chi connectivity index (χ1v) is 20.0. The van der Waals surface area contributed by atoms with E-state index in [0.29, 0.717) is 42.7 Å². The molecule has 0 spiro atoms. The number of hydrogen-bond donors (Lipinski definition) is 1. The second kappa shape index (κ2) is 15.7. The molecule has 0 aromatic heterocycles. The van der Waals surface area contributed by atoms with Gasteiger partial charge in [-0.15, -0.1) is 0 Å². The summed E-state index contributed by atoms with van der Waals surface area (Å²) in [6, 6.07) is 10.7. The highest BCUT2D eigenvalue weighted by molar-refractivity contribution is 7.90. The minimum absolute atomic E-state index is 0.0365. The van der Waals surface area contributed by atoms with Crippen molar-refractivity contribution in [1.82, 2.24) is 14.5 Å². The van der Waals surface area contributed by atoms with Crippen molar-refractivity contribution in [2.24, 2.45) is 11.8 Å². The quantitative estimate of drug-likeness (QED) is 0.390. The van der Waals surface area contributed by atoms with Gasteiger partial charge in [-0.3, -0.25) is 4.79 Å². The Hall–Kier alpha value is -3.32. The lowest BCUT2D eigenvalue weighted by Gasteiger charge is -2.44. The van der Waals surface area contributed by atoms with E-state index in [2.05, 4.69) is 14.5 Å². The summed E-state index contributed by atoms with van der Waals surface area (Å²) in [5.74, 6) is -0.0218. The van der Waals surface area contributed by atoms with Gasteiger partial charge in [0.05, 0.1) is 17.2 Å². The number of sulfonamides is 1. The molecule has 11 nitrogen and oxygen atoms in total. The number of aryl methyl sites for hydroxylation is 1. The molecule has 278 valence electrons. The summed E-state index contributed by atoms with van der Waals surface area (Å²) < 4.78 is 48.2. The Labute approximate surface area is 307 Å². The average Bonchev–Trinajstić information content (AvgIpc) is 3.51. The molecule has 1 aliphatic carbocycles. The van der Waals surface area contributed by atoms with Crippen LogP contribution >= 0.6 is 11.6 Å². The fourth-order valence-corrected chi connectivity index (χ4v) is 8.90. The molecule has 2 aromatic carbocycles. The van der Waals surface area contributed by atoms with Crippen LogP contribution in [0.4, 0.5) is 10.5 Å². The van der Waals surface area contributed by atoms with Gasteiger partial charge in [-0.25, -0.2) is 17.9 Å². The third-order valence-electron chi connectivity index (χ3n) is 10.7. The molecule has 2 fully saturated rings. The number of nitrogens with one attached hydrogen (secondary N) is 1. The fraction of sp³-hybridized carbons (Fsp3) is 0.579. The highest BCUT2D eigenvalue weighted by Gasteiger charge is 2.41. The number of anilines is 1. The molecule has 3 heterocycles. The average molecular weight is 743 g/mol. The molecule has 1 saturated heterocycles. The second-order valence-corrected chi connectivity index (χ2v) is 17.1. The molecular formula is C38H51ClN4O7S. The number of benzene rings is 2. The van der Waals surface area contributed by atoms with Crippen molar-refractivity contribution in [3.05, 3.63) is 64.7 Å². The summed E-state index contributed by atoms with van der Waals surface area (Å²) >= 11 is 6.36. The van der Waals surface area contributed by atoms with Gasteiger partial charge >= 0.3 is 6.09 Å². The minimum atomic E-state index is -4.24. The first-order chi connectivity index (χ1) is 24.3. The summed E-state index contributed by atoms with van der Waals surface area (Å²) in [6.07, 6.45) is 9.16. The maximum absolute atomic E-state index is 13.7. The third kappa shape index (κ3) is 8.84. The first kappa shape index (κ1) is 37.4. The van der Waals surface area contributed by atoms with Crippen LogP contribution < -0.4 is 14.4 Å². The van der Waals surface area contributed by atoms with Gasteiger partial charge in [0.15, 0.2) is 0 Å². The van der Waals surface area contributed by atoms with Crippen LogP contribution in [0.2, 0.25) is 5.02 Å². The van der Waals surface area contributed by atoms with Gasteiger partial charge in [0, 0.05) is 43.2 Å². The Morgan fingerprint density at radius 3 is 2.65 bits per heavy atom. The van der Waals surface area contributed by atoms with E-state index >= 15 is 0 Å². The molecular weight excluding hydrogens is 692 g/mol. The number of amides is 2. The summed E-state index contributed by atoms with van der Waals surface area (Å²) in [4.78, 5) is 33.2. The van der Waals surface area contributed by atoms with E-state index in [1.807, 2.05) is 43.3 Å². The minimum Gasteiger partial charge on any atom is -0.487 e. The first-order valence-electron chi connectivity index (χ1n) is 18.1. The maximum atomic E-state index is 13.7. The highest BCUT2D eigenvalue weighted by atomic mass is 35.5. The van der Waals surface area contributed by atoms with Crippen LogP contribution in [0.5, 0.6) is 5.75 Å². The van der Waals surface area contributed by atoms with E-state index in [1.165, 1.54) is 19.9 Å². The van der Waals surface area contributed by atoms with Crippen LogP contribution in [0.3, 0.4) is 0 Å². The summed E-state index contributed by atoms with van der Waals surface area (Å²) in [5, 5.41) is 0.679. The Kier molecular flexibility index (Phi) is 11.6. The number of carbonyl (C=O) groups excluding carboxylic acids is 2. The molecule has 4 atom stereocenters. The highest BCUT2D eigenvalue weighted by Crippen LogP contribution is 2.42. The zero-order valence-corrected chi connectivity index (χ0v) is 31.7. The van der Waals surface area contributed by atoms with Gasteiger partial charge in [0.25, 0.3) is 15.9 Å². The molecule has 51 heavy (non-hydrogen) atoms. The number of likely N-dealkylation sites (N-methyl/N-ethyl adjacent to an activating group) is 1. The zero-order valence-electron chi connectivity index (χ0n) is 30.1. The normalized spacial score (nSPS) is 27.1. The Balaban J connectivity index is 1.34. The van der Waals surface area contributed by atoms with E-state index in [9.17, 15) is 18.0 Å². The predicted octanol–water partition coefficient (Wildman–Crippen LogP) is 5.79. The number of ether oxygens (including phenoxy) is 3. The van der Waals surface area contributed by atoms with E-state index < -0.39 is 27.6 Å². The van der Waals surface area contributed by atoms with Crippen molar-refractivity contribution in [2.45, 2.75) is 88.0 Å². The molecule has 2 amide bonds. The van der Waals surface area contributed by atoms with Crippen molar-refractivity contribution in [2.75, 3.05) is 51.8 Å². The molecule has 1 saturated carbocycles. The molecule has 3 aliphatic heterocycles. The van der Waals surface area contributed by atoms with Crippen LogP contribution in [-0.2, 0) is 37.3 Å². The predicted molar refractivity (Wildman–Crippen MR) is 197 cm³/mol. The number of halogens is 1. The molecule has 2 bridgehead atoms. The van der Waals surface area contributed by atoms with Gasteiger partial charge in [-0.1, -0.05) is 23.7 Å². The van der Waals surface area contributed by atoms with Crippen molar-refractivity contribution in [3.63, 3.8) is 0 Å². The van der Waals surface area contributed by atoms with E-state index in [4.69, 9.17) is 25.8 Å². The lowest BCUT2D eigenvalue weighted by atomic mass is 9.70. The number of carbonyl (C=O) groups is 2. The summed E-state index contributed by atoms with van der Waals surface area (Å²) in [7, 11) is -0.215.